The first-order valence-electron chi connectivity index (χ1n) is 9.38. The van der Waals surface area contributed by atoms with Crippen LogP contribution in [0.25, 0.3) is 22.2 Å². The van der Waals surface area contributed by atoms with Gasteiger partial charge in [-0.3, -0.25) is 20.2 Å². The molecule has 4 aromatic rings. The maximum atomic E-state index is 15.2. The van der Waals surface area contributed by atoms with Crippen molar-refractivity contribution >= 4 is 16.7 Å². The Balaban J connectivity index is 1.78. The van der Waals surface area contributed by atoms with Crippen LogP contribution in [0.3, 0.4) is 0 Å². The fraction of sp³-hybridized carbons (Fsp3) is 0.250. The second-order valence-electron chi connectivity index (χ2n) is 7.40. The summed E-state index contributed by atoms with van der Waals surface area (Å²) in [7, 11) is 1.55. The molecule has 0 fully saturated rings. The summed E-state index contributed by atoms with van der Waals surface area (Å²) in [6.45, 7) is 3.86. The summed E-state index contributed by atoms with van der Waals surface area (Å²) < 4.78 is 48.8. The van der Waals surface area contributed by atoms with E-state index in [9.17, 15) is 4.39 Å². The van der Waals surface area contributed by atoms with Crippen LogP contribution in [0.1, 0.15) is 25.5 Å². The number of alkyl halides is 2. The standard InChI is InChI=1S/C20H19F3N8/c1-11(2)30-9-12(8-26-30)15-6-7-17(24)31(28-15)19(25)20(22,23)14-4-5-16-13(18(14)21)10-29(3)27-16/h4-11,24-25H,1-3H3. The van der Waals surface area contributed by atoms with Gasteiger partial charge in [0, 0.05) is 31.0 Å². The van der Waals surface area contributed by atoms with Gasteiger partial charge < -0.3 is 0 Å². The lowest BCUT2D eigenvalue weighted by atomic mass is 10.0. The number of hydrogen-bond acceptors (Lipinski definition) is 5. The number of benzene rings is 1. The molecule has 160 valence electrons. The van der Waals surface area contributed by atoms with Gasteiger partial charge in [0.1, 0.15) is 11.3 Å². The first kappa shape index (κ1) is 20.5. The predicted octanol–water partition coefficient (Wildman–Crippen LogP) is 3.45. The smallest absolute Gasteiger partial charge is 0.283 e. The maximum Gasteiger partial charge on any atom is 0.334 e. The monoisotopic (exact) mass is 428 g/mol. The summed E-state index contributed by atoms with van der Waals surface area (Å²) in [6.07, 6.45) is 4.51. The Hall–Kier alpha value is -3.76. The lowest BCUT2D eigenvalue weighted by Crippen LogP contribution is -2.40. The molecule has 0 amide bonds. The highest BCUT2D eigenvalue weighted by Crippen LogP contribution is 2.34. The molecule has 0 aliphatic rings. The molecule has 0 unspecified atom stereocenters. The molecule has 0 saturated heterocycles. The first-order chi connectivity index (χ1) is 14.6. The number of aryl methyl sites for hydroxylation is 1. The van der Waals surface area contributed by atoms with E-state index in [1.807, 2.05) is 13.8 Å². The van der Waals surface area contributed by atoms with Crippen molar-refractivity contribution in [1.82, 2.24) is 29.3 Å². The highest BCUT2D eigenvalue weighted by molar-refractivity contribution is 5.90. The van der Waals surface area contributed by atoms with Gasteiger partial charge in [0.15, 0.2) is 5.84 Å². The third-order valence-corrected chi connectivity index (χ3v) is 4.85. The normalized spacial score (nSPS) is 12.1. The largest absolute Gasteiger partial charge is 0.334 e. The Morgan fingerprint density at radius 3 is 2.52 bits per heavy atom. The van der Waals surface area contributed by atoms with Gasteiger partial charge in [-0.25, -0.2) is 4.39 Å². The molecular weight excluding hydrogens is 409 g/mol. The van der Waals surface area contributed by atoms with Crippen molar-refractivity contribution in [2.24, 2.45) is 7.05 Å². The van der Waals surface area contributed by atoms with E-state index in [1.165, 1.54) is 35.3 Å². The topological polar surface area (TPSA) is 101 Å². The molecule has 2 N–H and O–H groups in total. The van der Waals surface area contributed by atoms with Crippen molar-refractivity contribution < 1.29 is 13.2 Å². The molecule has 3 heterocycles. The van der Waals surface area contributed by atoms with Gasteiger partial charge in [-0.15, -0.1) is 0 Å². The number of nitrogens with one attached hydrogen (secondary N) is 2. The van der Waals surface area contributed by atoms with E-state index < -0.39 is 28.6 Å². The van der Waals surface area contributed by atoms with Crippen LogP contribution in [-0.4, -0.2) is 35.2 Å². The van der Waals surface area contributed by atoms with Crippen LogP contribution in [0.15, 0.2) is 42.9 Å². The van der Waals surface area contributed by atoms with Crippen molar-refractivity contribution in [3.8, 4) is 11.3 Å². The van der Waals surface area contributed by atoms with Gasteiger partial charge in [-0.2, -0.15) is 28.8 Å². The zero-order valence-corrected chi connectivity index (χ0v) is 16.9. The minimum Gasteiger partial charge on any atom is -0.283 e. The van der Waals surface area contributed by atoms with Crippen molar-refractivity contribution in [2.75, 3.05) is 0 Å². The van der Waals surface area contributed by atoms with E-state index in [0.29, 0.717) is 10.2 Å². The maximum absolute atomic E-state index is 15.2. The third-order valence-electron chi connectivity index (χ3n) is 4.85. The van der Waals surface area contributed by atoms with Gasteiger partial charge in [0.25, 0.3) is 0 Å². The van der Waals surface area contributed by atoms with Gasteiger partial charge in [0.05, 0.1) is 28.4 Å². The van der Waals surface area contributed by atoms with Crippen LogP contribution in [-0.2, 0) is 13.0 Å². The van der Waals surface area contributed by atoms with Crippen molar-refractivity contribution in [2.45, 2.75) is 25.8 Å². The Kier molecular flexibility index (Phi) is 4.75. The molecule has 31 heavy (non-hydrogen) atoms. The molecule has 0 radical (unpaired) electrons. The molecule has 0 saturated carbocycles. The fourth-order valence-corrected chi connectivity index (χ4v) is 3.18. The molecule has 8 nitrogen and oxygen atoms in total. The highest BCUT2D eigenvalue weighted by Gasteiger charge is 2.42. The summed E-state index contributed by atoms with van der Waals surface area (Å²) in [5.41, 5.74) is -0.396. The van der Waals surface area contributed by atoms with E-state index in [-0.39, 0.29) is 22.6 Å². The second kappa shape index (κ2) is 7.18. The molecule has 0 bridgehead atoms. The van der Waals surface area contributed by atoms with E-state index in [2.05, 4.69) is 15.3 Å². The van der Waals surface area contributed by atoms with E-state index >= 15 is 8.78 Å². The minimum absolute atomic E-state index is 0.0774. The molecule has 0 spiro atoms. The second-order valence-corrected chi connectivity index (χ2v) is 7.40. The molecule has 0 atom stereocenters. The van der Waals surface area contributed by atoms with Crippen LogP contribution in [0, 0.1) is 16.6 Å². The summed E-state index contributed by atoms with van der Waals surface area (Å²) >= 11 is 0. The number of fused-ring (bicyclic) bond motifs is 1. The number of halogens is 3. The molecule has 0 aliphatic carbocycles. The van der Waals surface area contributed by atoms with Crippen LogP contribution in [0.5, 0.6) is 0 Å². The summed E-state index contributed by atoms with van der Waals surface area (Å²) in [6, 6.07) is 4.99. The summed E-state index contributed by atoms with van der Waals surface area (Å²) in [5.74, 6) is -6.54. The Morgan fingerprint density at radius 1 is 1.10 bits per heavy atom. The van der Waals surface area contributed by atoms with Gasteiger partial charge >= 0.3 is 5.92 Å². The Morgan fingerprint density at radius 2 is 1.84 bits per heavy atom. The minimum atomic E-state index is -4.04. The lowest BCUT2D eigenvalue weighted by Gasteiger charge is -2.20. The molecule has 1 aromatic carbocycles. The van der Waals surface area contributed by atoms with E-state index in [4.69, 9.17) is 10.8 Å². The predicted molar refractivity (Wildman–Crippen MR) is 107 cm³/mol. The van der Waals surface area contributed by atoms with Gasteiger partial charge in [0.2, 0.25) is 0 Å². The zero-order chi connectivity index (χ0) is 22.5. The molecule has 11 heteroatoms. The van der Waals surface area contributed by atoms with Crippen molar-refractivity contribution in [3.63, 3.8) is 0 Å². The van der Waals surface area contributed by atoms with Crippen molar-refractivity contribution in [1.29, 1.82) is 10.8 Å². The Labute approximate surface area is 174 Å². The molecule has 4 rings (SSSR count). The highest BCUT2D eigenvalue weighted by atomic mass is 19.3. The quantitative estimate of drug-likeness (QED) is 0.385. The number of aromatic nitrogens is 6. The van der Waals surface area contributed by atoms with Crippen LogP contribution < -0.4 is 5.49 Å². The Bertz CT molecular complexity index is 1360. The fourth-order valence-electron chi connectivity index (χ4n) is 3.18. The SMILES string of the molecule is CC(C)n1cc(-c2ccc(=N)n(C(=N)C(F)(F)c3ccc4nn(C)cc4c3F)n2)cn1. The average molecular weight is 428 g/mol. The van der Waals surface area contributed by atoms with Gasteiger partial charge in [-0.05, 0) is 38.1 Å². The summed E-state index contributed by atoms with van der Waals surface area (Å²) in [4.78, 5) is 0. The van der Waals surface area contributed by atoms with Crippen LogP contribution in [0.2, 0.25) is 0 Å². The average Bonchev–Trinajstić information content (AvgIpc) is 3.35. The van der Waals surface area contributed by atoms with Crippen molar-refractivity contribution in [3.05, 3.63) is 59.7 Å². The number of hydrogen-bond donors (Lipinski definition) is 2. The van der Waals surface area contributed by atoms with E-state index in [1.54, 1.807) is 17.9 Å². The summed E-state index contributed by atoms with van der Waals surface area (Å²) in [5, 5.41) is 28.2. The van der Waals surface area contributed by atoms with E-state index in [0.717, 1.165) is 6.07 Å². The molecule has 3 aromatic heterocycles. The third kappa shape index (κ3) is 3.41. The lowest BCUT2D eigenvalue weighted by molar-refractivity contribution is 0.0657. The zero-order valence-electron chi connectivity index (χ0n) is 16.9. The molecule has 0 aliphatic heterocycles. The van der Waals surface area contributed by atoms with Gasteiger partial charge in [-0.1, -0.05) is 0 Å². The van der Waals surface area contributed by atoms with Crippen LogP contribution in [0.4, 0.5) is 13.2 Å². The van der Waals surface area contributed by atoms with Crippen LogP contribution >= 0.6 is 0 Å². The molecular formula is C20H19F3N8. The first-order valence-corrected chi connectivity index (χ1v) is 9.38. The number of nitrogens with zero attached hydrogens (tertiary/aromatic N) is 6. The number of rotatable bonds is 4.